The van der Waals surface area contributed by atoms with Gasteiger partial charge in [-0.3, -0.25) is 4.98 Å². The first kappa shape index (κ1) is 14.9. The summed E-state index contributed by atoms with van der Waals surface area (Å²) >= 11 is 0. The van der Waals surface area contributed by atoms with E-state index in [9.17, 15) is 0 Å². The Morgan fingerprint density at radius 3 is 2.87 bits per heavy atom. The number of anilines is 1. The quantitative estimate of drug-likeness (QED) is 0.911. The summed E-state index contributed by atoms with van der Waals surface area (Å²) in [6, 6.07) is 8.00. The van der Waals surface area contributed by atoms with E-state index < -0.39 is 0 Å². The minimum absolute atomic E-state index is 0.659. The van der Waals surface area contributed by atoms with Crippen molar-refractivity contribution in [3.8, 4) is 0 Å². The highest BCUT2D eigenvalue weighted by atomic mass is 15.2. The Hall–Kier alpha value is -1.65. The van der Waals surface area contributed by atoms with E-state index in [2.05, 4.69) is 39.6 Å². The van der Waals surface area contributed by atoms with Crippen molar-refractivity contribution in [2.75, 3.05) is 24.5 Å². The summed E-state index contributed by atoms with van der Waals surface area (Å²) in [6.07, 6.45) is 10.3. The van der Waals surface area contributed by atoms with Gasteiger partial charge >= 0.3 is 0 Å². The number of aromatic nitrogens is 1. The predicted molar refractivity (Wildman–Crippen MR) is 95.9 cm³/mol. The van der Waals surface area contributed by atoms with Crippen molar-refractivity contribution in [3.63, 3.8) is 0 Å². The highest BCUT2D eigenvalue weighted by Gasteiger charge is 2.29. The van der Waals surface area contributed by atoms with Crippen LogP contribution in [0.2, 0.25) is 0 Å². The first-order valence-corrected chi connectivity index (χ1v) is 8.92. The molecule has 0 unspecified atom stereocenters. The molecule has 1 aliphatic carbocycles. The van der Waals surface area contributed by atoms with Gasteiger partial charge in [-0.2, -0.15) is 0 Å². The zero-order valence-electron chi connectivity index (χ0n) is 13.7. The third-order valence-corrected chi connectivity index (χ3v) is 5.49. The molecule has 0 atom stereocenters. The van der Waals surface area contributed by atoms with Crippen LogP contribution in [-0.2, 0) is 6.42 Å². The largest absolute Gasteiger partial charge is 0.368 e. The lowest BCUT2D eigenvalue weighted by atomic mass is 9.88. The lowest BCUT2D eigenvalue weighted by molar-refractivity contribution is 0.333. The highest BCUT2D eigenvalue weighted by molar-refractivity contribution is 5.97. The molecular weight excluding hydrogens is 284 g/mol. The second-order valence-electron chi connectivity index (χ2n) is 6.87. The highest BCUT2D eigenvalue weighted by Crippen LogP contribution is 2.37. The molecule has 2 aromatic rings. The van der Waals surface area contributed by atoms with Gasteiger partial charge in [0.25, 0.3) is 0 Å². The maximum Gasteiger partial charge on any atom is 0.0452 e. The zero-order chi connectivity index (χ0) is 15.6. The van der Waals surface area contributed by atoms with Crippen LogP contribution in [0.1, 0.15) is 31.2 Å². The molecule has 4 heteroatoms. The van der Waals surface area contributed by atoms with Crippen LogP contribution in [0.4, 0.5) is 5.69 Å². The fourth-order valence-electron chi connectivity index (χ4n) is 4.34. The molecule has 4 nitrogen and oxygen atoms in total. The van der Waals surface area contributed by atoms with E-state index >= 15 is 0 Å². The molecule has 2 aliphatic rings. The third kappa shape index (κ3) is 2.81. The minimum Gasteiger partial charge on any atom is -0.368 e. The van der Waals surface area contributed by atoms with E-state index in [0.717, 1.165) is 26.1 Å². The molecule has 0 amide bonds. The van der Waals surface area contributed by atoms with E-state index in [0.29, 0.717) is 12.1 Å². The van der Waals surface area contributed by atoms with Gasteiger partial charge in [0, 0.05) is 60.6 Å². The molecule has 1 aromatic heterocycles. The molecule has 0 radical (unpaired) electrons. The maximum atomic E-state index is 5.60. The van der Waals surface area contributed by atoms with Gasteiger partial charge in [-0.15, -0.1) is 0 Å². The smallest absolute Gasteiger partial charge is 0.0452 e. The summed E-state index contributed by atoms with van der Waals surface area (Å²) in [4.78, 5) is 7.06. The van der Waals surface area contributed by atoms with Crippen molar-refractivity contribution in [1.29, 1.82) is 0 Å². The average molecular weight is 310 g/mol. The summed E-state index contributed by atoms with van der Waals surface area (Å²) in [5.74, 6) is 0. The summed E-state index contributed by atoms with van der Waals surface area (Å²) in [5.41, 5.74) is 8.43. The number of nitrogens with two attached hydrogens (primary N) is 1. The fraction of sp³-hybridized carbons (Fsp3) is 0.526. The van der Waals surface area contributed by atoms with Gasteiger partial charge in [0.15, 0.2) is 0 Å². The first-order chi connectivity index (χ1) is 11.4. The van der Waals surface area contributed by atoms with E-state index in [4.69, 9.17) is 5.73 Å². The van der Waals surface area contributed by atoms with Crippen LogP contribution < -0.4 is 16.0 Å². The molecule has 0 saturated heterocycles. The van der Waals surface area contributed by atoms with Crippen LogP contribution in [0.5, 0.6) is 0 Å². The second-order valence-corrected chi connectivity index (χ2v) is 6.87. The zero-order valence-corrected chi connectivity index (χ0v) is 13.7. The predicted octanol–water partition coefficient (Wildman–Crippen LogP) is 2.46. The Kier molecular flexibility index (Phi) is 4.19. The Labute approximate surface area is 138 Å². The van der Waals surface area contributed by atoms with Crippen molar-refractivity contribution in [2.24, 2.45) is 5.73 Å². The summed E-state index contributed by atoms with van der Waals surface area (Å²) < 4.78 is 0. The van der Waals surface area contributed by atoms with Crippen molar-refractivity contribution in [1.82, 2.24) is 10.3 Å². The van der Waals surface area contributed by atoms with Gasteiger partial charge in [0.2, 0.25) is 0 Å². The van der Waals surface area contributed by atoms with Crippen molar-refractivity contribution in [2.45, 2.75) is 44.2 Å². The van der Waals surface area contributed by atoms with Gasteiger partial charge in [-0.25, -0.2) is 0 Å². The van der Waals surface area contributed by atoms with Crippen LogP contribution in [-0.4, -0.2) is 36.7 Å². The van der Waals surface area contributed by atoms with Crippen LogP contribution >= 0.6 is 0 Å². The second kappa shape index (κ2) is 6.46. The van der Waals surface area contributed by atoms with E-state index in [1.807, 2.05) is 6.20 Å². The third-order valence-electron chi connectivity index (χ3n) is 5.49. The summed E-state index contributed by atoms with van der Waals surface area (Å²) in [5, 5.41) is 6.29. The average Bonchev–Trinajstić information content (AvgIpc) is 2.61. The van der Waals surface area contributed by atoms with Gasteiger partial charge < -0.3 is 16.0 Å². The van der Waals surface area contributed by atoms with Gasteiger partial charge in [-0.05, 0) is 43.7 Å². The Balaban J connectivity index is 1.54. The standard InChI is InChI=1S/C19H26N4/c20-9-10-22-16-4-6-17(7-5-16)23-11-8-15-13-21-12-14-2-1-3-18(23)19(14)15/h1-3,12-13,16-17,22H,4-11,20H2. The number of nitrogens with zero attached hydrogens (tertiary/aromatic N) is 2. The van der Waals surface area contributed by atoms with Crippen LogP contribution in [0.15, 0.2) is 30.6 Å². The molecule has 3 N–H and O–H groups in total. The lowest BCUT2D eigenvalue weighted by Gasteiger charge is -2.41. The minimum atomic E-state index is 0.659. The SMILES string of the molecule is NCCNC1CCC(N2CCc3cncc4cccc2c34)CC1. The first-order valence-electron chi connectivity index (χ1n) is 8.92. The van der Waals surface area contributed by atoms with Crippen molar-refractivity contribution < 1.29 is 0 Å². The molecule has 1 fully saturated rings. The van der Waals surface area contributed by atoms with E-state index in [1.165, 1.54) is 47.7 Å². The molecule has 0 bridgehead atoms. The molecule has 23 heavy (non-hydrogen) atoms. The number of hydrogen-bond acceptors (Lipinski definition) is 4. The fourth-order valence-corrected chi connectivity index (χ4v) is 4.34. The normalized spacial score (nSPS) is 24.1. The maximum absolute atomic E-state index is 5.60. The number of benzene rings is 1. The Bertz CT molecular complexity index is 671. The number of pyridine rings is 1. The Morgan fingerprint density at radius 1 is 1.17 bits per heavy atom. The topological polar surface area (TPSA) is 54.2 Å². The number of hydrogen-bond donors (Lipinski definition) is 2. The molecule has 0 spiro atoms. The summed E-state index contributed by atoms with van der Waals surface area (Å²) in [6.45, 7) is 2.81. The molecule has 2 heterocycles. The van der Waals surface area contributed by atoms with Crippen molar-refractivity contribution >= 4 is 16.5 Å². The lowest BCUT2D eigenvalue weighted by Crippen LogP contribution is -2.45. The van der Waals surface area contributed by atoms with Crippen molar-refractivity contribution in [3.05, 3.63) is 36.2 Å². The monoisotopic (exact) mass is 310 g/mol. The van der Waals surface area contributed by atoms with E-state index in [1.54, 1.807) is 0 Å². The number of nitrogens with one attached hydrogen (secondary N) is 1. The van der Waals surface area contributed by atoms with Gasteiger partial charge in [0.1, 0.15) is 0 Å². The molecule has 1 saturated carbocycles. The van der Waals surface area contributed by atoms with Gasteiger partial charge in [0.05, 0.1) is 0 Å². The van der Waals surface area contributed by atoms with Crippen LogP contribution in [0.25, 0.3) is 10.8 Å². The Morgan fingerprint density at radius 2 is 2.04 bits per heavy atom. The number of rotatable bonds is 4. The van der Waals surface area contributed by atoms with E-state index in [-0.39, 0.29) is 0 Å². The molecule has 1 aromatic carbocycles. The van der Waals surface area contributed by atoms with Crippen LogP contribution in [0.3, 0.4) is 0 Å². The van der Waals surface area contributed by atoms with Crippen LogP contribution in [0, 0.1) is 0 Å². The van der Waals surface area contributed by atoms with Gasteiger partial charge in [-0.1, -0.05) is 12.1 Å². The molecule has 4 rings (SSSR count). The summed E-state index contributed by atoms with van der Waals surface area (Å²) in [7, 11) is 0. The molecule has 122 valence electrons. The molecule has 1 aliphatic heterocycles. The molecular formula is C19H26N4.